The quantitative estimate of drug-likeness (QED) is 0.162. The number of ether oxygens (including phenoxy) is 2. The van der Waals surface area contributed by atoms with Crippen LogP contribution in [0.15, 0.2) is 11.5 Å². The Hall–Kier alpha value is -2.00. The average molecular weight is 341 g/mol. The van der Waals surface area contributed by atoms with Crippen LogP contribution in [0.2, 0.25) is 0 Å². The maximum atomic E-state index is 10.9. The van der Waals surface area contributed by atoms with Gasteiger partial charge in [-0.25, -0.2) is 10.6 Å². The number of amides is 1. The van der Waals surface area contributed by atoms with E-state index in [1.165, 1.54) is 4.90 Å². The van der Waals surface area contributed by atoms with Gasteiger partial charge in [0.05, 0.1) is 5.57 Å². The molecular weight excluding hydrogens is 314 g/mol. The Morgan fingerprint density at radius 1 is 1.21 bits per heavy atom. The molecule has 6 N–H and O–H groups in total. The lowest BCUT2D eigenvalue weighted by Gasteiger charge is -2.31. The van der Waals surface area contributed by atoms with Gasteiger partial charge in [-0.15, -0.1) is 0 Å². The van der Waals surface area contributed by atoms with Gasteiger partial charge in [-0.3, -0.25) is 10.8 Å². The number of nitrogens with zero attached hydrogens (tertiary/aromatic N) is 1. The third kappa shape index (κ3) is 5.00. The first-order chi connectivity index (χ1) is 11.5. The molecule has 9 nitrogen and oxygen atoms in total. The molecular formula is C15H27N5O4. The standard InChI is InChI=1S/C15H27N5O4/c1-10(13(16)23-11-2-6-18-7-3-11)14(19-17)24-12-4-8-20(9-5-12)15(21)22/h11-12,16,18-19H,2-9,17H2,1H3,(H,21,22)/b14-10+,16-13?. The predicted octanol–water partition coefficient (Wildman–Crippen LogP) is 0.586. The van der Waals surface area contributed by atoms with Crippen molar-refractivity contribution in [1.29, 1.82) is 5.41 Å². The van der Waals surface area contributed by atoms with Crippen LogP contribution >= 0.6 is 0 Å². The molecule has 2 aliphatic heterocycles. The third-order valence-electron chi connectivity index (χ3n) is 4.38. The van der Waals surface area contributed by atoms with Gasteiger partial charge >= 0.3 is 6.09 Å². The van der Waals surface area contributed by atoms with Crippen molar-refractivity contribution < 1.29 is 19.4 Å². The monoisotopic (exact) mass is 341 g/mol. The molecule has 1 amide bonds. The van der Waals surface area contributed by atoms with Crippen molar-refractivity contribution >= 4 is 12.0 Å². The molecule has 24 heavy (non-hydrogen) atoms. The topological polar surface area (TPSA) is 133 Å². The molecule has 2 saturated heterocycles. The molecule has 2 fully saturated rings. The van der Waals surface area contributed by atoms with Crippen molar-refractivity contribution in [2.75, 3.05) is 26.2 Å². The Kier molecular flexibility index (Phi) is 6.68. The van der Waals surface area contributed by atoms with E-state index in [1.54, 1.807) is 6.92 Å². The number of nitrogens with one attached hydrogen (secondary N) is 3. The first kappa shape index (κ1) is 18.3. The molecule has 0 atom stereocenters. The van der Waals surface area contributed by atoms with Crippen molar-refractivity contribution in [3.05, 3.63) is 11.5 Å². The van der Waals surface area contributed by atoms with Gasteiger partial charge in [0, 0.05) is 25.9 Å². The summed E-state index contributed by atoms with van der Waals surface area (Å²) in [6, 6.07) is 0. The van der Waals surface area contributed by atoms with Gasteiger partial charge in [-0.2, -0.15) is 0 Å². The van der Waals surface area contributed by atoms with E-state index < -0.39 is 6.09 Å². The third-order valence-corrected chi connectivity index (χ3v) is 4.38. The molecule has 0 radical (unpaired) electrons. The largest absolute Gasteiger partial charge is 0.475 e. The summed E-state index contributed by atoms with van der Waals surface area (Å²) >= 11 is 0. The summed E-state index contributed by atoms with van der Waals surface area (Å²) in [5, 5.41) is 20.3. The second kappa shape index (κ2) is 8.74. The highest BCUT2D eigenvalue weighted by Gasteiger charge is 2.25. The second-order valence-electron chi connectivity index (χ2n) is 6.08. The molecule has 0 aromatic carbocycles. The van der Waals surface area contributed by atoms with Gasteiger partial charge in [-0.05, 0) is 32.9 Å². The summed E-state index contributed by atoms with van der Waals surface area (Å²) in [6.45, 7) is 4.37. The zero-order valence-corrected chi connectivity index (χ0v) is 14.0. The lowest BCUT2D eigenvalue weighted by Crippen LogP contribution is -2.41. The van der Waals surface area contributed by atoms with E-state index in [1.807, 2.05) is 0 Å². The summed E-state index contributed by atoms with van der Waals surface area (Å²) in [7, 11) is 0. The minimum atomic E-state index is -0.908. The first-order valence-corrected chi connectivity index (χ1v) is 8.29. The molecule has 2 heterocycles. The van der Waals surface area contributed by atoms with Crippen molar-refractivity contribution in [3.8, 4) is 0 Å². The Morgan fingerprint density at radius 2 is 1.79 bits per heavy atom. The lowest BCUT2D eigenvalue weighted by molar-refractivity contribution is 0.0411. The van der Waals surface area contributed by atoms with Crippen LogP contribution in [0.1, 0.15) is 32.6 Å². The first-order valence-electron chi connectivity index (χ1n) is 8.29. The van der Waals surface area contributed by atoms with Crippen LogP contribution in [0.3, 0.4) is 0 Å². The van der Waals surface area contributed by atoms with E-state index in [4.69, 9.17) is 25.8 Å². The van der Waals surface area contributed by atoms with Crippen molar-refractivity contribution in [1.82, 2.24) is 15.6 Å². The van der Waals surface area contributed by atoms with E-state index in [9.17, 15) is 4.79 Å². The maximum Gasteiger partial charge on any atom is 0.407 e. The SMILES string of the molecule is C/C(C(=N)OC1CCNCC1)=C(/NN)OC1CCN(C(=O)O)CC1. The molecule has 0 bridgehead atoms. The molecule has 0 aromatic rings. The summed E-state index contributed by atoms with van der Waals surface area (Å²) in [4.78, 5) is 12.3. The summed E-state index contributed by atoms with van der Waals surface area (Å²) < 4.78 is 11.5. The van der Waals surface area contributed by atoms with E-state index in [0.717, 1.165) is 25.9 Å². The van der Waals surface area contributed by atoms with Gasteiger partial charge in [0.15, 0.2) is 0 Å². The number of piperidine rings is 2. The summed E-state index contributed by atoms with van der Waals surface area (Å²) in [5.74, 6) is 5.90. The van der Waals surface area contributed by atoms with Gasteiger partial charge in [0.25, 0.3) is 0 Å². The number of likely N-dealkylation sites (tertiary alicyclic amines) is 1. The van der Waals surface area contributed by atoms with Crippen LogP contribution in [0.25, 0.3) is 0 Å². The van der Waals surface area contributed by atoms with Crippen LogP contribution < -0.4 is 16.6 Å². The molecule has 136 valence electrons. The number of hydrazine groups is 1. The maximum absolute atomic E-state index is 10.9. The minimum Gasteiger partial charge on any atom is -0.475 e. The van der Waals surface area contributed by atoms with Gasteiger partial charge < -0.3 is 24.8 Å². The Morgan fingerprint density at radius 3 is 2.33 bits per heavy atom. The van der Waals surface area contributed by atoms with Crippen LogP contribution in [-0.2, 0) is 9.47 Å². The highest BCUT2D eigenvalue weighted by Crippen LogP contribution is 2.19. The molecule has 0 spiro atoms. The summed E-state index contributed by atoms with van der Waals surface area (Å²) in [6.07, 6.45) is 1.92. The Balaban J connectivity index is 1.89. The van der Waals surface area contributed by atoms with Crippen LogP contribution in [0, 0.1) is 5.41 Å². The van der Waals surface area contributed by atoms with Crippen molar-refractivity contribution in [2.45, 2.75) is 44.8 Å². The van der Waals surface area contributed by atoms with Gasteiger partial charge in [-0.1, -0.05) is 0 Å². The van der Waals surface area contributed by atoms with E-state index in [-0.39, 0.29) is 18.1 Å². The molecule has 0 saturated carbocycles. The molecule has 0 aliphatic carbocycles. The fourth-order valence-electron chi connectivity index (χ4n) is 2.83. The fourth-order valence-corrected chi connectivity index (χ4v) is 2.83. The number of carbonyl (C=O) groups is 1. The normalized spacial score (nSPS) is 21.0. The van der Waals surface area contributed by atoms with Gasteiger partial charge in [0.1, 0.15) is 12.2 Å². The van der Waals surface area contributed by atoms with Crippen molar-refractivity contribution in [2.24, 2.45) is 5.84 Å². The smallest absolute Gasteiger partial charge is 0.407 e. The number of carboxylic acid groups (broad SMARTS) is 1. The van der Waals surface area contributed by atoms with E-state index in [0.29, 0.717) is 37.4 Å². The molecule has 2 aliphatic rings. The molecule has 2 rings (SSSR count). The lowest BCUT2D eigenvalue weighted by atomic mass is 10.1. The van der Waals surface area contributed by atoms with E-state index >= 15 is 0 Å². The van der Waals surface area contributed by atoms with Crippen molar-refractivity contribution in [3.63, 3.8) is 0 Å². The minimum absolute atomic E-state index is 0.0338. The highest BCUT2D eigenvalue weighted by atomic mass is 16.5. The van der Waals surface area contributed by atoms with Crippen LogP contribution in [0.5, 0.6) is 0 Å². The highest BCUT2D eigenvalue weighted by molar-refractivity contribution is 5.90. The number of hydrogen-bond donors (Lipinski definition) is 5. The number of hydrogen-bond acceptors (Lipinski definition) is 7. The second-order valence-corrected chi connectivity index (χ2v) is 6.08. The van der Waals surface area contributed by atoms with Crippen LogP contribution in [-0.4, -0.2) is 60.4 Å². The molecule has 0 unspecified atom stereocenters. The predicted molar refractivity (Wildman–Crippen MR) is 88.4 cm³/mol. The fraction of sp³-hybridized carbons (Fsp3) is 0.733. The van der Waals surface area contributed by atoms with Gasteiger partial charge in [0.2, 0.25) is 11.8 Å². The summed E-state index contributed by atoms with van der Waals surface area (Å²) in [5.41, 5.74) is 3.01. The molecule has 0 aromatic heterocycles. The zero-order valence-electron chi connectivity index (χ0n) is 14.0. The molecule has 9 heteroatoms. The van der Waals surface area contributed by atoms with E-state index in [2.05, 4.69) is 10.7 Å². The zero-order chi connectivity index (χ0) is 17.5. The number of rotatable bonds is 5. The van der Waals surface area contributed by atoms with Crippen LogP contribution in [0.4, 0.5) is 4.79 Å². The number of nitrogens with two attached hydrogens (primary N) is 1. The average Bonchev–Trinajstić information content (AvgIpc) is 2.60. The Labute approximate surface area is 141 Å². The Bertz CT molecular complexity index is 482.